The Hall–Kier alpha value is -2.57. The van der Waals surface area contributed by atoms with E-state index in [0.29, 0.717) is 0 Å². The molecule has 0 aromatic heterocycles. The Bertz CT molecular complexity index is 919. The smallest absolute Gasteiger partial charge is 0.416 e. The molecule has 0 spiro atoms. The molecule has 0 atom stereocenters. The number of halogens is 3. The minimum absolute atomic E-state index is 0.0525. The van der Waals surface area contributed by atoms with Crippen LogP contribution in [-0.4, -0.2) is 15.5 Å². The van der Waals surface area contributed by atoms with Gasteiger partial charge in [-0.15, -0.1) is 0 Å². The van der Waals surface area contributed by atoms with Crippen LogP contribution in [0.2, 0.25) is 0 Å². The Kier molecular flexibility index (Phi) is 5.35. The quantitative estimate of drug-likeness (QED) is 0.816. The molecule has 0 heterocycles. The number of benzene rings is 2. The molecule has 9 heteroatoms. The molecule has 0 radical (unpaired) electrons. The summed E-state index contributed by atoms with van der Waals surface area (Å²) in [6.45, 7) is 6.93. The number of rotatable bonds is 5. The maximum atomic E-state index is 12.7. The Morgan fingerprint density at radius 1 is 1.20 bits per heavy atom. The summed E-state index contributed by atoms with van der Waals surface area (Å²) in [6, 6.07) is 8.32. The molecular weight excluding hydrogens is 357 g/mol. The molecule has 2 aromatic carbocycles. The van der Waals surface area contributed by atoms with Crippen molar-refractivity contribution in [3.63, 3.8) is 0 Å². The van der Waals surface area contributed by atoms with E-state index in [4.69, 9.17) is 11.3 Å². The Balaban J connectivity index is 2.23. The molecule has 0 aliphatic heterocycles. The van der Waals surface area contributed by atoms with E-state index in [1.165, 1.54) is 31.3 Å². The zero-order chi connectivity index (χ0) is 18.7. The molecule has 0 amide bonds. The van der Waals surface area contributed by atoms with Crippen molar-refractivity contribution in [2.75, 3.05) is 7.05 Å². The van der Waals surface area contributed by atoms with Gasteiger partial charge >= 0.3 is 6.18 Å². The van der Waals surface area contributed by atoms with Crippen molar-refractivity contribution in [1.29, 1.82) is 0 Å². The number of hydrogen-bond acceptors (Lipinski definition) is 3. The van der Waals surface area contributed by atoms with Gasteiger partial charge in [-0.25, -0.2) is 18.0 Å². The summed E-state index contributed by atoms with van der Waals surface area (Å²) < 4.78 is 69.1. The van der Waals surface area contributed by atoms with E-state index in [2.05, 4.69) is 9.57 Å². The highest BCUT2D eigenvalue weighted by atomic mass is 32.2. The van der Waals surface area contributed by atoms with Gasteiger partial charge in [0.1, 0.15) is 12.4 Å². The van der Waals surface area contributed by atoms with Gasteiger partial charge in [0.05, 0.1) is 17.0 Å². The van der Waals surface area contributed by atoms with E-state index in [1.807, 2.05) is 0 Å². The maximum absolute atomic E-state index is 12.7. The van der Waals surface area contributed by atoms with Gasteiger partial charge in [0.25, 0.3) is 0 Å². The van der Waals surface area contributed by atoms with Crippen LogP contribution in [0.5, 0.6) is 5.75 Å². The first kappa shape index (κ1) is 18.8. The summed E-state index contributed by atoms with van der Waals surface area (Å²) in [5, 5.41) is 0. The summed E-state index contributed by atoms with van der Waals surface area (Å²) in [4.78, 5) is 3.10. The summed E-state index contributed by atoms with van der Waals surface area (Å²) in [5.41, 5.74) is -0.574. The van der Waals surface area contributed by atoms with E-state index in [9.17, 15) is 21.6 Å². The van der Waals surface area contributed by atoms with Crippen LogP contribution in [0.3, 0.4) is 0 Å². The maximum Gasteiger partial charge on any atom is 0.416 e. The van der Waals surface area contributed by atoms with Gasteiger partial charge in [0.15, 0.2) is 0 Å². The van der Waals surface area contributed by atoms with Gasteiger partial charge in [0, 0.05) is 0 Å². The van der Waals surface area contributed by atoms with E-state index in [-0.39, 0.29) is 28.5 Å². The summed E-state index contributed by atoms with van der Waals surface area (Å²) >= 11 is 0. The number of ether oxygens (including phenoxy) is 1. The van der Waals surface area contributed by atoms with Crippen molar-refractivity contribution >= 4 is 15.7 Å². The molecule has 0 saturated carbocycles. The van der Waals surface area contributed by atoms with Crippen LogP contribution in [0, 0.1) is 6.57 Å². The zero-order valence-electron chi connectivity index (χ0n) is 13.0. The number of sulfonamides is 1. The third-order valence-corrected chi connectivity index (χ3v) is 4.69. The average Bonchev–Trinajstić information content (AvgIpc) is 2.59. The summed E-state index contributed by atoms with van der Waals surface area (Å²) in [7, 11) is -2.47. The van der Waals surface area contributed by atoms with Crippen molar-refractivity contribution in [1.82, 2.24) is 4.72 Å². The summed E-state index contributed by atoms with van der Waals surface area (Å²) in [6.07, 6.45) is -4.46. The van der Waals surface area contributed by atoms with Crippen LogP contribution in [0.15, 0.2) is 47.4 Å². The van der Waals surface area contributed by atoms with Gasteiger partial charge in [-0.3, -0.25) is 0 Å². The van der Waals surface area contributed by atoms with Crippen molar-refractivity contribution < 1.29 is 26.3 Å². The molecule has 25 heavy (non-hydrogen) atoms. The van der Waals surface area contributed by atoms with Crippen molar-refractivity contribution in [3.8, 4) is 5.75 Å². The van der Waals surface area contributed by atoms with E-state index >= 15 is 0 Å². The lowest BCUT2D eigenvalue weighted by molar-refractivity contribution is -0.137. The molecule has 0 fully saturated rings. The molecular formula is C16H13F3N2O3S. The zero-order valence-corrected chi connectivity index (χ0v) is 13.8. The van der Waals surface area contributed by atoms with Crippen molar-refractivity contribution in [3.05, 3.63) is 65.0 Å². The minimum Gasteiger partial charge on any atom is -0.500 e. The molecule has 0 saturated heterocycles. The predicted molar refractivity (Wildman–Crippen MR) is 84.7 cm³/mol. The van der Waals surface area contributed by atoms with E-state index < -0.39 is 21.8 Å². The van der Waals surface area contributed by atoms with Crippen LogP contribution < -0.4 is 9.46 Å². The van der Waals surface area contributed by atoms with Gasteiger partial charge in [-0.1, -0.05) is 12.1 Å². The molecule has 0 unspecified atom stereocenters. The van der Waals surface area contributed by atoms with Gasteiger partial charge in [-0.2, -0.15) is 13.2 Å². The van der Waals surface area contributed by atoms with E-state index in [0.717, 1.165) is 18.2 Å². The van der Waals surface area contributed by atoms with Crippen LogP contribution in [0.4, 0.5) is 18.9 Å². The van der Waals surface area contributed by atoms with Crippen molar-refractivity contribution in [2.45, 2.75) is 17.7 Å². The largest absolute Gasteiger partial charge is 0.500 e. The van der Waals surface area contributed by atoms with Crippen LogP contribution in [0.1, 0.15) is 11.1 Å². The standard InChI is InChI=1S/C16H13F3N2O3S/c1-20-14-9-13(25(22,23)21-2)6-7-15(14)24-10-11-4-3-5-12(8-11)16(17,18)19/h3-9,21H,10H2,2H3. The van der Waals surface area contributed by atoms with Crippen molar-refractivity contribution in [2.24, 2.45) is 0 Å². The molecule has 5 nitrogen and oxygen atoms in total. The molecule has 1 N–H and O–H groups in total. The van der Waals surface area contributed by atoms with Gasteiger partial charge < -0.3 is 4.74 Å². The molecule has 0 aliphatic rings. The number of nitrogens with zero attached hydrogens (tertiary/aromatic N) is 1. The third-order valence-electron chi connectivity index (χ3n) is 3.28. The second-order valence-electron chi connectivity index (χ2n) is 4.94. The van der Waals surface area contributed by atoms with Gasteiger partial charge in [0.2, 0.25) is 15.7 Å². The fourth-order valence-electron chi connectivity index (χ4n) is 1.99. The normalized spacial score (nSPS) is 11.8. The van der Waals surface area contributed by atoms with Gasteiger partial charge in [-0.05, 0) is 42.9 Å². The average molecular weight is 370 g/mol. The Morgan fingerprint density at radius 3 is 2.52 bits per heavy atom. The van der Waals surface area contributed by atoms with Crippen LogP contribution >= 0.6 is 0 Å². The Morgan fingerprint density at radius 2 is 1.92 bits per heavy atom. The molecule has 132 valence electrons. The lowest BCUT2D eigenvalue weighted by Crippen LogP contribution is -2.18. The topological polar surface area (TPSA) is 59.8 Å². The van der Waals surface area contributed by atoms with Crippen LogP contribution in [0.25, 0.3) is 4.85 Å². The lowest BCUT2D eigenvalue weighted by Gasteiger charge is -2.12. The molecule has 2 rings (SSSR count). The molecule has 0 aliphatic carbocycles. The first-order valence-corrected chi connectivity index (χ1v) is 8.39. The number of nitrogens with one attached hydrogen (secondary N) is 1. The SMILES string of the molecule is [C-]#[N+]c1cc(S(=O)(=O)NC)ccc1OCc1cccc(C(F)(F)F)c1. The summed E-state index contributed by atoms with van der Waals surface area (Å²) in [5.74, 6) is 0.0856. The first-order valence-electron chi connectivity index (χ1n) is 6.91. The second-order valence-corrected chi connectivity index (χ2v) is 6.82. The predicted octanol–water partition coefficient (Wildman–Crippen LogP) is 3.74. The fourth-order valence-corrected chi connectivity index (χ4v) is 2.74. The lowest BCUT2D eigenvalue weighted by atomic mass is 10.1. The highest BCUT2D eigenvalue weighted by molar-refractivity contribution is 7.89. The number of alkyl halides is 3. The monoisotopic (exact) mass is 370 g/mol. The highest BCUT2D eigenvalue weighted by Crippen LogP contribution is 2.32. The van der Waals surface area contributed by atoms with Crippen LogP contribution in [-0.2, 0) is 22.8 Å². The number of hydrogen-bond donors (Lipinski definition) is 1. The highest BCUT2D eigenvalue weighted by Gasteiger charge is 2.30. The van der Waals surface area contributed by atoms with E-state index in [1.54, 1.807) is 0 Å². The first-order chi connectivity index (χ1) is 11.7. The third kappa shape index (κ3) is 4.49. The minimum atomic E-state index is -4.46. The second kappa shape index (κ2) is 7.13. The molecule has 2 aromatic rings. The fraction of sp³-hybridized carbons (Fsp3) is 0.188. The Labute approximate surface area is 142 Å². The molecule has 0 bridgehead atoms.